The maximum absolute atomic E-state index is 12.2. The average Bonchev–Trinajstić information content (AvgIpc) is 2.52. The number of nitrogens with one attached hydrogen (secondary N) is 2. The Morgan fingerprint density at radius 2 is 1.70 bits per heavy atom. The zero-order valence-corrected chi connectivity index (χ0v) is 11.2. The van der Waals surface area contributed by atoms with Crippen LogP contribution < -0.4 is 10.6 Å². The van der Waals surface area contributed by atoms with Crippen LogP contribution in [-0.4, -0.2) is 24.2 Å². The van der Waals surface area contributed by atoms with E-state index in [0.717, 1.165) is 11.3 Å². The Morgan fingerprint density at radius 1 is 1.00 bits per heavy atom. The van der Waals surface area contributed by atoms with E-state index in [4.69, 9.17) is 5.11 Å². The lowest BCUT2D eigenvalue weighted by Crippen LogP contribution is -2.24. The summed E-state index contributed by atoms with van der Waals surface area (Å²) in [5.41, 5.74) is 2.37. The predicted octanol–water partition coefficient (Wildman–Crippen LogP) is 2.02. The van der Waals surface area contributed by atoms with E-state index in [9.17, 15) is 4.79 Å². The van der Waals surface area contributed by atoms with Gasteiger partial charge in [0.05, 0.1) is 12.2 Å². The number of carbonyl (C=O) groups excluding carboxylic acids is 1. The molecule has 1 amide bonds. The third-order valence-electron chi connectivity index (χ3n) is 2.89. The van der Waals surface area contributed by atoms with Crippen molar-refractivity contribution in [2.24, 2.45) is 0 Å². The van der Waals surface area contributed by atoms with Gasteiger partial charge in [-0.05, 0) is 17.7 Å². The second kappa shape index (κ2) is 7.31. The molecule has 20 heavy (non-hydrogen) atoms. The molecule has 0 aliphatic rings. The summed E-state index contributed by atoms with van der Waals surface area (Å²) < 4.78 is 0. The molecule has 104 valence electrons. The smallest absolute Gasteiger partial charge is 0.253 e. The minimum absolute atomic E-state index is 0.0277. The molecular formula is C16H18N2O2. The van der Waals surface area contributed by atoms with Crippen LogP contribution in [0.2, 0.25) is 0 Å². The van der Waals surface area contributed by atoms with Crippen molar-refractivity contribution in [2.75, 3.05) is 18.5 Å². The van der Waals surface area contributed by atoms with E-state index < -0.39 is 0 Å². The van der Waals surface area contributed by atoms with Gasteiger partial charge < -0.3 is 15.7 Å². The van der Waals surface area contributed by atoms with Gasteiger partial charge in [-0.3, -0.25) is 4.79 Å². The summed E-state index contributed by atoms with van der Waals surface area (Å²) in [5, 5.41) is 14.8. The van der Waals surface area contributed by atoms with Crippen LogP contribution in [0, 0.1) is 0 Å². The molecule has 0 radical (unpaired) electrons. The maximum atomic E-state index is 12.2. The molecule has 0 aliphatic heterocycles. The van der Waals surface area contributed by atoms with Crippen molar-refractivity contribution in [3.63, 3.8) is 0 Å². The van der Waals surface area contributed by atoms with Crippen LogP contribution in [0.1, 0.15) is 15.9 Å². The van der Waals surface area contributed by atoms with E-state index in [-0.39, 0.29) is 12.5 Å². The van der Waals surface area contributed by atoms with Gasteiger partial charge in [-0.25, -0.2) is 0 Å². The standard InChI is InChI=1S/C16H18N2O2/c19-11-10-17-15-9-5-4-8-14(15)16(20)18-12-13-6-2-1-3-7-13/h1-9,17,19H,10-12H2,(H,18,20). The number of aliphatic hydroxyl groups excluding tert-OH is 1. The Bertz CT molecular complexity index is 555. The van der Waals surface area contributed by atoms with Gasteiger partial charge in [-0.2, -0.15) is 0 Å². The summed E-state index contributed by atoms with van der Waals surface area (Å²) in [6.45, 7) is 0.941. The largest absolute Gasteiger partial charge is 0.395 e. The zero-order chi connectivity index (χ0) is 14.2. The van der Waals surface area contributed by atoms with Gasteiger partial charge in [0.25, 0.3) is 5.91 Å². The zero-order valence-electron chi connectivity index (χ0n) is 11.2. The Balaban J connectivity index is 2.01. The summed E-state index contributed by atoms with van der Waals surface area (Å²) in [7, 11) is 0. The van der Waals surface area contributed by atoms with Crippen LogP contribution in [-0.2, 0) is 6.54 Å². The summed E-state index contributed by atoms with van der Waals surface area (Å²) in [4.78, 5) is 12.2. The molecule has 3 N–H and O–H groups in total. The van der Waals surface area contributed by atoms with Crippen LogP contribution in [0.25, 0.3) is 0 Å². The molecule has 0 atom stereocenters. The van der Waals surface area contributed by atoms with Crippen LogP contribution in [0.3, 0.4) is 0 Å². The number of hydrogen-bond acceptors (Lipinski definition) is 3. The molecule has 0 unspecified atom stereocenters. The van der Waals surface area contributed by atoms with Gasteiger partial charge in [-0.1, -0.05) is 42.5 Å². The molecule has 2 rings (SSSR count). The monoisotopic (exact) mass is 270 g/mol. The molecule has 0 fully saturated rings. The van der Waals surface area contributed by atoms with Gasteiger partial charge in [0.2, 0.25) is 0 Å². The van der Waals surface area contributed by atoms with Crippen molar-refractivity contribution < 1.29 is 9.90 Å². The third kappa shape index (κ3) is 3.83. The van der Waals surface area contributed by atoms with Crippen molar-refractivity contribution in [2.45, 2.75) is 6.54 Å². The Kier molecular flexibility index (Phi) is 5.15. The highest BCUT2D eigenvalue weighted by molar-refractivity contribution is 5.99. The molecule has 4 heteroatoms. The van der Waals surface area contributed by atoms with E-state index in [1.807, 2.05) is 48.5 Å². The van der Waals surface area contributed by atoms with Crippen LogP contribution >= 0.6 is 0 Å². The molecule has 0 saturated heterocycles. The minimum Gasteiger partial charge on any atom is -0.395 e. The first kappa shape index (κ1) is 14.1. The summed E-state index contributed by atoms with van der Waals surface area (Å²) in [6, 6.07) is 17.0. The first-order valence-electron chi connectivity index (χ1n) is 6.57. The van der Waals surface area contributed by atoms with Gasteiger partial charge >= 0.3 is 0 Å². The highest BCUT2D eigenvalue weighted by Gasteiger charge is 2.09. The molecule has 2 aromatic carbocycles. The number of benzene rings is 2. The SMILES string of the molecule is O=C(NCc1ccccc1)c1ccccc1NCCO. The predicted molar refractivity (Wildman–Crippen MR) is 79.6 cm³/mol. The third-order valence-corrected chi connectivity index (χ3v) is 2.89. The number of amides is 1. The van der Waals surface area contributed by atoms with Crippen molar-refractivity contribution >= 4 is 11.6 Å². The lowest BCUT2D eigenvalue weighted by Gasteiger charge is -2.11. The van der Waals surface area contributed by atoms with Crippen LogP contribution in [0.4, 0.5) is 5.69 Å². The van der Waals surface area contributed by atoms with Gasteiger partial charge in [0, 0.05) is 18.8 Å². The number of carbonyl (C=O) groups is 1. The first-order chi connectivity index (χ1) is 9.81. The molecule has 0 bridgehead atoms. The fourth-order valence-corrected chi connectivity index (χ4v) is 1.90. The normalized spacial score (nSPS) is 10.1. The van der Waals surface area contributed by atoms with Gasteiger partial charge in [-0.15, -0.1) is 0 Å². The Hall–Kier alpha value is -2.33. The highest BCUT2D eigenvalue weighted by Crippen LogP contribution is 2.14. The molecule has 0 heterocycles. The summed E-state index contributed by atoms with van der Waals surface area (Å²) in [5.74, 6) is -0.130. The van der Waals surface area contributed by atoms with Gasteiger partial charge in [0.15, 0.2) is 0 Å². The number of rotatable bonds is 6. The summed E-state index contributed by atoms with van der Waals surface area (Å²) >= 11 is 0. The van der Waals surface area contributed by atoms with Crippen molar-refractivity contribution in [3.05, 3.63) is 65.7 Å². The molecular weight excluding hydrogens is 252 g/mol. The topological polar surface area (TPSA) is 61.4 Å². The van der Waals surface area contributed by atoms with E-state index in [1.54, 1.807) is 6.07 Å². The average molecular weight is 270 g/mol. The minimum atomic E-state index is -0.130. The van der Waals surface area contributed by atoms with Gasteiger partial charge in [0.1, 0.15) is 0 Å². The quantitative estimate of drug-likeness (QED) is 0.752. The van der Waals surface area contributed by atoms with E-state index >= 15 is 0 Å². The second-order valence-electron chi connectivity index (χ2n) is 4.36. The highest BCUT2D eigenvalue weighted by atomic mass is 16.3. The van der Waals surface area contributed by atoms with E-state index in [2.05, 4.69) is 10.6 Å². The van der Waals surface area contributed by atoms with Crippen molar-refractivity contribution in [3.8, 4) is 0 Å². The maximum Gasteiger partial charge on any atom is 0.253 e. The lowest BCUT2D eigenvalue weighted by atomic mass is 10.1. The number of hydrogen-bond donors (Lipinski definition) is 3. The summed E-state index contributed by atoms with van der Waals surface area (Å²) in [6.07, 6.45) is 0. The Labute approximate surface area is 118 Å². The molecule has 0 saturated carbocycles. The number of anilines is 1. The first-order valence-corrected chi connectivity index (χ1v) is 6.57. The van der Waals surface area contributed by atoms with E-state index in [1.165, 1.54) is 0 Å². The molecule has 2 aromatic rings. The van der Waals surface area contributed by atoms with Crippen molar-refractivity contribution in [1.82, 2.24) is 5.32 Å². The lowest BCUT2D eigenvalue weighted by molar-refractivity contribution is 0.0951. The molecule has 4 nitrogen and oxygen atoms in total. The molecule has 0 aromatic heterocycles. The van der Waals surface area contributed by atoms with Crippen molar-refractivity contribution in [1.29, 1.82) is 0 Å². The second-order valence-corrected chi connectivity index (χ2v) is 4.36. The molecule has 0 aliphatic carbocycles. The van der Waals surface area contributed by atoms with E-state index in [0.29, 0.717) is 18.7 Å². The van der Waals surface area contributed by atoms with Crippen LogP contribution in [0.5, 0.6) is 0 Å². The number of aliphatic hydroxyl groups is 1. The van der Waals surface area contributed by atoms with Crippen LogP contribution in [0.15, 0.2) is 54.6 Å². The fraction of sp³-hybridized carbons (Fsp3) is 0.188. The fourth-order valence-electron chi connectivity index (χ4n) is 1.90. The Morgan fingerprint density at radius 3 is 2.45 bits per heavy atom. The molecule has 0 spiro atoms. The number of para-hydroxylation sites is 1.